The van der Waals surface area contributed by atoms with E-state index in [0.29, 0.717) is 41.7 Å². The highest BCUT2D eigenvalue weighted by Gasteiger charge is 2.22. The number of nitrogens with zero attached hydrogens (tertiary/aromatic N) is 1. The molecule has 2 N–H and O–H groups in total. The zero-order valence-corrected chi connectivity index (χ0v) is 18.9. The molecule has 2 aromatic carbocycles. The van der Waals surface area contributed by atoms with Crippen LogP contribution in [0.25, 0.3) is 0 Å². The van der Waals surface area contributed by atoms with Gasteiger partial charge in [-0.05, 0) is 49.2 Å². The third kappa shape index (κ3) is 5.03. The van der Waals surface area contributed by atoms with Crippen molar-refractivity contribution in [3.05, 3.63) is 81.1 Å². The molecule has 0 saturated carbocycles. The Morgan fingerprint density at radius 3 is 2.39 bits per heavy atom. The number of rotatable bonds is 9. The van der Waals surface area contributed by atoms with Crippen molar-refractivity contribution in [3.63, 3.8) is 0 Å². The minimum atomic E-state index is -0.923. The molecular formula is C24H27ClN2O4. The summed E-state index contributed by atoms with van der Waals surface area (Å²) >= 11 is 6.11. The largest absolute Gasteiger partial charge is 0.493 e. The van der Waals surface area contributed by atoms with Crippen LogP contribution in [0.5, 0.6) is 11.5 Å². The van der Waals surface area contributed by atoms with Crippen LogP contribution in [-0.2, 0) is 19.6 Å². The van der Waals surface area contributed by atoms with Gasteiger partial charge >= 0.3 is 5.97 Å². The number of aromatic carboxylic acids is 1. The molecule has 0 amide bonds. The van der Waals surface area contributed by atoms with Crippen molar-refractivity contribution in [1.82, 2.24) is 9.88 Å². The normalized spacial score (nSPS) is 10.9. The number of methoxy groups -OCH3 is 2. The van der Waals surface area contributed by atoms with E-state index in [1.54, 1.807) is 14.2 Å². The zero-order valence-electron chi connectivity index (χ0n) is 18.2. The molecule has 0 atom stereocenters. The molecular weight excluding hydrogens is 416 g/mol. The van der Waals surface area contributed by atoms with E-state index in [-0.39, 0.29) is 0 Å². The minimum Gasteiger partial charge on any atom is -0.493 e. The molecule has 1 aromatic heterocycles. The van der Waals surface area contributed by atoms with Crippen LogP contribution in [0.1, 0.15) is 38.4 Å². The van der Waals surface area contributed by atoms with Crippen LogP contribution in [0.2, 0.25) is 5.02 Å². The Morgan fingerprint density at radius 2 is 1.74 bits per heavy atom. The first kappa shape index (κ1) is 22.7. The van der Waals surface area contributed by atoms with Gasteiger partial charge in [0.2, 0.25) is 0 Å². The molecule has 3 rings (SSSR count). The minimum absolute atomic E-state index is 0.347. The van der Waals surface area contributed by atoms with Crippen molar-refractivity contribution in [3.8, 4) is 11.5 Å². The number of benzene rings is 2. The van der Waals surface area contributed by atoms with Crippen molar-refractivity contribution < 1.29 is 19.4 Å². The number of halogens is 1. The van der Waals surface area contributed by atoms with Crippen LogP contribution in [0.4, 0.5) is 0 Å². The monoisotopic (exact) mass is 442 g/mol. The fourth-order valence-electron chi connectivity index (χ4n) is 3.83. The Hall–Kier alpha value is -2.96. The topological polar surface area (TPSA) is 72.7 Å². The van der Waals surface area contributed by atoms with Crippen LogP contribution in [0, 0.1) is 13.8 Å². The van der Waals surface area contributed by atoms with E-state index in [0.717, 1.165) is 28.1 Å². The first-order valence-corrected chi connectivity index (χ1v) is 10.3. The van der Waals surface area contributed by atoms with Gasteiger partial charge in [-0.25, -0.2) is 4.79 Å². The summed E-state index contributed by atoms with van der Waals surface area (Å²) in [4.78, 5) is 12.0. The summed E-state index contributed by atoms with van der Waals surface area (Å²) in [5.74, 6) is 0.407. The maximum Gasteiger partial charge on any atom is 0.337 e. The summed E-state index contributed by atoms with van der Waals surface area (Å²) < 4.78 is 12.7. The second-order valence-electron chi connectivity index (χ2n) is 7.34. The lowest BCUT2D eigenvalue weighted by Gasteiger charge is -2.12. The Balaban J connectivity index is 1.81. The number of carboxylic acids is 1. The number of ether oxygens (including phenoxy) is 2. The molecule has 0 radical (unpaired) electrons. The number of carbonyl (C=O) groups is 1. The van der Waals surface area contributed by atoms with Gasteiger partial charge in [-0.3, -0.25) is 0 Å². The number of aromatic nitrogens is 1. The van der Waals surface area contributed by atoms with Crippen molar-refractivity contribution >= 4 is 17.6 Å². The molecule has 0 bridgehead atoms. The molecule has 0 fully saturated rings. The maximum atomic E-state index is 12.0. The highest BCUT2D eigenvalue weighted by molar-refractivity contribution is 6.30. The molecule has 0 aliphatic heterocycles. The molecule has 7 heteroatoms. The molecule has 31 heavy (non-hydrogen) atoms. The highest BCUT2D eigenvalue weighted by Crippen LogP contribution is 2.28. The van der Waals surface area contributed by atoms with Crippen molar-refractivity contribution in [2.45, 2.75) is 33.5 Å². The van der Waals surface area contributed by atoms with E-state index < -0.39 is 5.97 Å². The lowest BCUT2D eigenvalue weighted by atomic mass is 10.1. The van der Waals surface area contributed by atoms with Crippen molar-refractivity contribution in [2.75, 3.05) is 14.2 Å². The summed E-state index contributed by atoms with van der Waals surface area (Å²) in [6, 6.07) is 13.3. The van der Waals surface area contributed by atoms with E-state index in [1.807, 2.05) is 60.9 Å². The Labute approximate surface area is 187 Å². The maximum absolute atomic E-state index is 12.0. The van der Waals surface area contributed by atoms with Crippen LogP contribution >= 0.6 is 11.6 Å². The van der Waals surface area contributed by atoms with E-state index >= 15 is 0 Å². The van der Waals surface area contributed by atoms with E-state index in [1.165, 1.54) is 0 Å². The second kappa shape index (κ2) is 9.90. The van der Waals surface area contributed by atoms with Crippen molar-refractivity contribution in [1.29, 1.82) is 0 Å². The average Bonchev–Trinajstić information content (AvgIpc) is 2.98. The van der Waals surface area contributed by atoms with Gasteiger partial charge in [0.05, 0.1) is 19.8 Å². The number of carboxylic acid groups (broad SMARTS) is 1. The first-order chi connectivity index (χ1) is 14.8. The smallest absolute Gasteiger partial charge is 0.337 e. The molecule has 1 heterocycles. The molecule has 0 spiro atoms. The summed E-state index contributed by atoms with van der Waals surface area (Å²) in [7, 11) is 3.20. The quantitative estimate of drug-likeness (QED) is 0.497. The van der Waals surface area contributed by atoms with Gasteiger partial charge in [0.1, 0.15) is 0 Å². The summed E-state index contributed by atoms with van der Waals surface area (Å²) in [5.41, 5.74) is 4.83. The lowest BCUT2D eigenvalue weighted by molar-refractivity contribution is 0.0694. The predicted molar refractivity (Wildman–Crippen MR) is 122 cm³/mol. The number of hydrogen-bond donors (Lipinski definition) is 2. The molecule has 0 saturated heterocycles. The number of nitrogens with one attached hydrogen (secondary N) is 1. The molecule has 0 unspecified atom stereocenters. The highest BCUT2D eigenvalue weighted by atomic mass is 35.5. The van der Waals surface area contributed by atoms with Crippen LogP contribution < -0.4 is 14.8 Å². The van der Waals surface area contributed by atoms with Gasteiger partial charge in [0.15, 0.2) is 11.5 Å². The molecule has 164 valence electrons. The van der Waals surface area contributed by atoms with Crippen LogP contribution in [-0.4, -0.2) is 29.9 Å². The van der Waals surface area contributed by atoms with E-state index in [9.17, 15) is 9.90 Å². The van der Waals surface area contributed by atoms with Crippen LogP contribution in [0.15, 0.2) is 42.5 Å². The standard InChI is InChI=1S/C24H27ClN2O4/c1-15-20(13-26-12-17-8-9-21(30-3)22(11-17)31-4)23(24(28)29)16(2)27(15)14-18-6-5-7-19(25)10-18/h5-11,26H,12-14H2,1-4H3,(H,28,29). The van der Waals surface area contributed by atoms with Gasteiger partial charge < -0.3 is 24.5 Å². The number of hydrogen-bond acceptors (Lipinski definition) is 4. The zero-order chi connectivity index (χ0) is 22.5. The molecule has 0 aliphatic carbocycles. The fraction of sp³-hybridized carbons (Fsp3) is 0.292. The summed E-state index contributed by atoms with van der Waals surface area (Å²) in [6.45, 7) is 5.37. The van der Waals surface area contributed by atoms with Gasteiger partial charge in [0, 0.05) is 41.6 Å². The summed E-state index contributed by atoms with van der Waals surface area (Å²) in [6.07, 6.45) is 0. The van der Waals surface area contributed by atoms with E-state index in [4.69, 9.17) is 21.1 Å². The predicted octanol–water partition coefficient (Wildman–Crippen LogP) is 4.81. The Bertz CT molecular complexity index is 1090. The Kier molecular flexibility index (Phi) is 7.25. The van der Waals surface area contributed by atoms with Gasteiger partial charge in [0.25, 0.3) is 0 Å². The van der Waals surface area contributed by atoms with E-state index in [2.05, 4.69) is 5.32 Å². The second-order valence-corrected chi connectivity index (χ2v) is 7.77. The molecule has 0 aliphatic rings. The van der Waals surface area contributed by atoms with Crippen LogP contribution in [0.3, 0.4) is 0 Å². The molecule has 3 aromatic rings. The third-order valence-corrected chi connectivity index (χ3v) is 5.67. The van der Waals surface area contributed by atoms with Gasteiger partial charge in [-0.1, -0.05) is 29.8 Å². The summed E-state index contributed by atoms with van der Waals surface area (Å²) in [5, 5.41) is 13.9. The lowest BCUT2D eigenvalue weighted by Crippen LogP contribution is -2.15. The van der Waals surface area contributed by atoms with Gasteiger partial charge in [-0.2, -0.15) is 0 Å². The SMILES string of the molecule is COc1ccc(CNCc2c(C(=O)O)c(C)n(Cc3cccc(Cl)c3)c2C)cc1OC. The third-order valence-electron chi connectivity index (χ3n) is 5.43. The Morgan fingerprint density at radius 1 is 1.00 bits per heavy atom. The first-order valence-electron chi connectivity index (χ1n) is 9.93. The molecule has 6 nitrogen and oxygen atoms in total. The van der Waals surface area contributed by atoms with Gasteiger partial charge in [-0.15, -0.1) is 0 Å². The fourth-order valence-corrected chi connectivity index (χ4v) is 4.04. The average molecular weight is 443 g/mol. The van der Waals surface area contributed by atoms with Crippen molar-refractivity contribution in [2.24, 2.45) is 0 Å².